The van der Waals surface area contributed by atoms with E-state index in [0.29, 0.717) is 11.5 Å². The van der Waals surface area contributed by atoms with Crippen molar-refractivity contribution in [3.8, 4) is 11.1 Å². The molecule has 1 N–H and O–H groups in total. The van der Waals surface area contributed by atoms with Crippen molar-refractivity contribution in [3.05, 3.63) is 93.3 Å². The number of thiazole rings is 1. The molecule has 0 atom stereocenters. The van der Waals surface area contributed by atoms with Crippen LogP contribution in [0.1, 0.15) is 34.3 Å². The summed E-state index contributed by atoms with van der Waals surface area (Å²) in [6, 6.07) is 16.7. The van der Waals surface area contributed by atoms with Crippen molar-refractivity contribution in [2.24, 2.45) is 0 Å². The fourth-order valence-electron chi connectivity index (χ4n) is 4.20. The summed E-state index contributed by atoms with van der Waals surface area (Å²) in [5, 5.41) is 4.66. The number of rotatable bonds is 6. The highest BCUT2D eigenvalue weighted by Crippen LogP contribution is 2.25. The topological polar surface area (TPSA) is 66.7 Å². The number of aromatic nitrogens is 2. The molecular weight excluding hydrogens is 420 g/mol. The van der Waals surface area contributed by atoms with Crippen LogP contribution in [0.3, 0.4) is 0 Å². The number of hydrogen-bond donors (Lipinski definition) is 1. The first-order valence-corrected chi connectivity index (χ1v) is 11.7. The predicted octanol–water partition coefficient (Wildman–Crippen LogP) is 3.95. The van der Waals surface area contributed by atoms with E-state index in [1.54, 1.807) is 11.6 Å². The van der Waals surface area contributed by atoms with Crippen molar-refractivity contribution in [2.75, 3.05) is 13.1 Å². The molecule has 1 amide bonds. The third-order valence-electron chi connectivity index (χ3n) is 5.91. The van der Waals surface area contributed by atoms with Crippen LogP contribution in [0.5, 0.6) is 0 Å². The molecule has 1 fully saturated rings. The minimum Gasteiger partial charge on any atom is -0.348 e. The van der Waals surface area contributed by atoms with Crippen molar-refractivity contribution in [2.45, 2.75) is 25.9 Å². The first-order chi connectivity index (χ1) is 15.7. The summed E-state index contributed by atoms with van der Waals surface area (Å²) in [5.41, 5.74) is 4.20. The van der Waals surface area contributed by atoms with Gasteiger partial charge in [0.2, 0.25) is 0 Å². The summed E-state index contributed by atoms with van der Waals surface area (Å²) in [6.07, 6.45) is 5.57. The van der Waals surface area contributed by atoms with Crippen molar-refractivity contribution >= 4 is 22.2 Å². The van der Waals surface area contributed by atoms with Gasteiger partial charge in [0.05, 0.1) is 0 Å². The zero-order chi connectivity index (χ0) is 21.9. The largest absolute Gasteiger partial charge is 0.348 e. The van der Waals surface area contributed by atoms with Crippen LogP contribution in [0, 0.1) is 0 Å². The molecule has 32 heavy (non-hydrogen) atoms. The molecule has 0 radical (unpaired) electrons. The Balaban J connectivity index is 1.31. The van der Waals surface area contributed by atoms with Crippen molar-refractivity contribution in [1.82, 2.24) is 19.6 Å². The summed E-state index contributed by atoms with van der Waals surface area (Å²) in [6.45, 7) is 3.69. The molecule has 0 unspecified atom stereocenters. The van der Waals surface area contributed by atoms with E-state index in [9.17, 15) is 9.59 Å². The number of hydrogen-bond acceptors (Lipinski definition) is 5. The van der Waals surface area contributed by atoms with Gasteiger partial charge >= 0.3 is 0 Å². The Morgan fingerprint density at radius 2 is 1.84 bits per heavy atom. The maximum Gasteiger partial charge on any atom is 0.271 e. The van der Waals surface area contributed by atoms with E-state index in [-0.39, 0.29) is 11.1 Å². The number of nitrogens with one attached hydrogen (secondary N) is 1. The molecule has 0 saturated carbocycles. The lowest BCUT2D eigenvalue weighted by Crippen LogP contribution is -2.30. The Bertz CT molecular complexity index is 1300. The molecule has 0 bridgehead atoms. The fourth-order valence-corrected chi connectivity index (χ4v) is 4.87. The van der Waals surface area contributed by atoms with Crippen LogP contribution in [0.25, 0.3) is 16.1 Å². The third kappa shape index (κ3) is 4.22. The maximum atomic E-state index is 12.7. The maximum absolute atomic E-state index is 12.7. The number of carbonyl (C=O) groups is 1. The van der Waals surface area contributed by atoms with Gasteiger partial charge < -0.3 is 5.32 Å². The van der Waals surface area contributed by atoms with Crippen molar-refractivity contribution < 1.29 is 4.79 Å². The molecule has 0 spiro atoms. The Kier molecular flexibility index (Phi) is 5.83. The molecule has 1 aliphatic heterocycles. The molecular formula is C25H24N4O2S. The van der Waals surface area contributed by atoms with Crippen LogP contribution < -0.4 is 10.9 Å². The summed E-state index contributed by atoms with van der Waals surface area (Å²) >= 11 is 1.36. The van der Waals surface area contributed by atoms with Gasteiger partial charge in [0.1, 0.15) is 5.56 Å². The second-order valence-corrected chi connectivity index (χ2v) is 8.93. The van der Waals surface area contributed by atoms with Gasteiger partial charge in [-0.05, 0) is 48.2 Å². The lowest BCUT2D eigenvalue weighted by molar-refractivity contribution is 0.0949. The van der Waals surface area contributed by atoms with Crippen LogP contribution >= 0.6 is 11.3 Å². The average molecular weight is 445 g/mol. The summed E-state index contributed by atoms with van der Waals surface area (Å²) in [7, 11) is 0. The molecule has 2 aromatic carbocycles. The lowest BCUT2D eigenvalue weighted by Gasteiger charge is -2.15. The Morgan fingerprint density at radius 3 is 2.66 bits per heavy atom. The number of nitrogens with zero attached hydrogens (tertiary/aromatic N) is 3. The zero-order valence-corrected chi connectivity index (χ0v) is 18.5. The highest BCUT2D eigenvalue weighted by molar-refractivity contribution is 7.15. The first-order valence-electron chi connectivity index (χ1n) is 10.8. The highest BCUT2D eigenvalue weighted by atomic mass is 32.1. The smallest absolute Gasteiger partial charge is 0.271 e. The van der Waals surface area contributed by atoms with Gasteiger partial charge in [0, 0.05) is 30.9 Å². The monoisotopic (exact) mass is 444 g/mol. The van der Waals surface area contributed by atoms with E-state index in [2.05, 4.69) is 45.5 Å². The van der Waals surface area contributed by atoms with E-state index in [1.807, 2.05) is 18.2 Å². The fraction of sp³-hybridized carbons (Fsp3) is 0.240. The van der Waals surface area contributed by atoms with E-state index in [0.717, 1.165) is 23.2 Å². The zero-order valence-electron chi connectivity index (χ0n) is 17.7. The normalized spacial score (nSPS) is 14.1. The molecule has 6 nitrogen and oxygen atoms in total. The van der Waals surface area contributed by atoms with E-state index >= 15 is 0 Å². The predicted molar refractivity (Wildman–Crippen MR) is 127 cm³/mol. The molecule has 1 saturated heterocycles. The third-order valence-corrected chi connectivity index (χ3v) is 6.68. The van der Waals surface area contributed by atoms with Crippen LogP contribution in [-0.2, 0) is 13.1 Å². The van der Waals surface area contributed by atoms with Gasteiger partial charge in [-0.1, -0.05) is 48.5 Å². The number of carbonyl (C=O) groups excluding carboxylic acids is 1. The summed E-state index contributed by atoms with van der Waals surface area (Å²) in [5.74, 6) is -0.418. The van der Waals surface area contributed by atoms with Crippen LogP contribution in [0.15, 0.2) is 71.1 Å². The Morgan fingerprint density at radius 1 is 1.06 bits per heavy atom. The van der Waals surface area contributed by atoms with Gasteiger partial charge in [-0.15, -0.1) is 11.3 Å². The summed E-state index contributed by atoms with van der Waals surface area (Å²) in [4.78, 5) is 32.5. The van der Waals surface area contributed by atoms with Gasteiger partial charge in [-0.2, -0.15) is 0 Å². The van der Waals surface area contributed by atoms with Gasteiger partial charge in [-0.25, -0.2) is 4.98 Å². The van der Waals surface area contributed by atoms with Gasteiger partial charge in [0.15, 0.2) is 4.96 Å². The van der Waals surface area contributed by atoms with Crippen LogP contribution in [0.2, 0.25) is 0 Å². The molecule has 4 aromatic rings. The second kappa shape index (κ2) is 9.06. The van der Waals surface area contributed by atoms with Crippen molar-refractivity contribution in [3.63, 3.8) is 0 Å². The number of fused-ring (bicyclic) bond motifs is 1. The number of likely N-dealkylation sites (tertiary alicyclic amines) is 1. The standard InChI is InChI=1S/C25H24N4O2S/c30-23(22-16-27-25-29(24(22)31)13-14-32-25)26-15-20-5-1-2-6-21(20)19-9-7-18(8-10-19)17-28-11-3-4-12-28/h1-2,5-10,13-14,16H,3-4,11-12,15,17H2,(H,26,30). The quantitative estimate of drug-likeness (QED) is 0.489. The SMILES string of the molecule is O=C(NCc1ccccc1-c1ccc(CN2CCCC2)cc1)c1cnc2sccn2c1=O. The minimum absolute atomic E-state index is 0.0460. The van der Waals surface area contributed by atoms with Gasteiger partial charge in [0.25, 0.3) is 11.5 Å². The van der Waals surface area contributed by atoms with Crippen LogP contribution in [0.4, 0.5) is 0 Å². The average Bonchev–Trinajstić information content (AvgIpc) is 3.51. The highest BCUT2D eigenvalue weighted by Gasteiger charge is 2.15. The van der Waals surface area contributed by atoms with Gasteiger partial charge in [-0.3, -0.25) is 18.9 Å². The second-order valence-electron chi connectivity index (χ2n) is 8.05. The lowest BCUT2D eigenvalue weighted by atomic mass is 9.98. The Hall–Kier alpha value is -3.29. The summed E-state index contributed by atoms with van der Waals surface area (Å²) < 4.78 is 1.40. The van der Waals surface area contributed by atoms with E-state index in [1.165, 1.54) is 53.4 Å². The van der Waals surface area contributed by atoms with E-state index < -0.39 is 5.91 Å². The molecule has 162 valence electrons. The minimum atomic E-state index is -0.418. The molecule has 2 aromatic heterocycles. The number of amides is 1. The molecule has 7 heteroatoms. The van der Waals surface area contributed by atoms with Crippen LogP contribution in [-0.4, -0.2) is 33.3 Å². The number of benzene rings is 2. The first kappa shape index (κ1) is 20.6. The molecule has 5 rings (SSSR count). The Labute approximate surface area is 190 Å². The molecule has 0 aliphatic carbocycles. The molecule has 1 aliphatic rings. The van der Waals surface area contributed by atoms with Crippen molar-refractivity contribution in [1.29, 1.82) is 0 Å². The van der Waals surface area contributed by atoms with E-state index in [4.69, 9.17) is 0 Å². The molecule has 3 heterocycles.